The molecule has 0 atom stereocenters. The van der Waals surface area contributed by atoms with Gasteiger partial charge in [0.15, 0.2) is 0 Å². The van der Waals surface area contributed by atoms with E-state index in [1.54, 1.807) is 13.8 Å². The number of rotatable bonds is 4. The Morgan fingerprint density at radius 2 is 2.00 bits per heavy atom. The minimum absolute atomic E-state index is 0.0526. The first-order chi connectivity index (χ1) is 8.16. The Kier molecular flexibility index (Phi) is 3.96. The highest BCUT2D eigenvalue weighted by molar-refractivity contribution is 6.34. The maximum atomic E-state index is 13.5. The fourth-order valence-electron chi connectivity index (χ4n) is 1.54. The van der Waals surface area contributed by atoms with Gasteiger partial charge in [-0.05, 0) is 18.1 Å². The third-order valence-corrected chi connectivity index (χ3v) is 3.17. The Bertz CT molecular complexity index is 514. The molecule has 0 spiro atoms. The third kappa shape index (κ3) is 2.79. The van der Waals surface area contributed by atoms with Crippen molar-refractivity contribution in [2.24, 2.45) is 16.9 Å². The first kappa shape index (κ1) is 14.4. The number of nitrogens with two attached hydrogens (primary N) is 2. The summed E-state index contributed by atoms with van der Waals surface area (Å²) < 4.78 is 13.5. The molecule has 0 bridgehead atoms. The molecule has 0 fully saturated rings. The molecule has 0 aliphatic heterocycles. The van der Waals surface area contributed by atoms with Gasteiger partial charge >= 0.3 is 0 Å². The molecule has 0 aliphatic carbocycles. The summed E-state index contributed by atoms with van der Waals surface area (Å²) in [7, 11) is 0. The van der Waals surface area contributed by atoms with Crippen LogP contribution in [0.4, 0.5) is 4.39 Å². The summed E-state index contributed by atoms with van der Waals surface area (Å²) in [5, 5.41) is 7.34. The van der Waals surface area contributed by atoms with Crippen LogP contribution in [-0.4, -0.2) is 11.7 Å². The summed E-state index contributed by atoms with van der Waals surface area (Å²) in [6.07, 6.45) is 0.252. The predicted octanol–water partition coefficient (Wildman–Crippen LogP) is 1.82. The number of benzene rings is 1. The van der Waals surface area contributed by atoms with Crippen molar-refractivity contribution in [1.82, 2.24) is 0 Å². The number of amides is 1. The van der Waals surface area contributed by atoms with Crippen molar-refractivity contribution in [3.05, 3.63) is 34.1 Å². The van der Waals surface area contributed by atoms with E-state index in [0.717, 1.165) is 0 Å². The smallest absolute Gasteiger partial charge is 0.223 e. The van der Waals surface area contributed by atoms with Gasteiger partial charge < -0.3 is 11.5 Å². The average molecular weight is 272 g/mol. The summed E-state index contributed by atoms with van der Waals surface area (Å²) in [5.41, 5.74) is 10.1. The minimum Gasteiger partial charge on any atom is -0.384 e. The van der Waals surface area contributed by atoms with Crippen molar-refractivity contribution < 1.29 is 9.18 Å². The van der Waals surface area contributed by atoms with Gasteiger partial charge in [-0.3, -0.25) is 10.2 Å². The highest BCUT2D eigenvalue weighted by atomic mass is 35.5. The SMILES string of the molecule is CC(C)(Cc1ccc(F)c(C(=N)N)c1Cl)C(N)=O. The zero-order valence-corrected chi connectivity index (χ0v) is 10.9. The van der Waals surface area contributed by atoms with E-state index < -0.39 is 23.0 Å². The lowest BCUT2D eigenvalue weighted by Gasteiger charge is -2.21. The van der Waals surface area contributed by atoms with Crippen LogP contribution < -0.4 is 11.5 Å². The van der Waals surface area contributed by atoms with Crippen LogP contribution in [0.1, 0.15) is 25.0 Å². The fourth-order valence-corrected chi connectivity index (χ4v) is 1.86. The van der Waals surface area contributed by atoms with Gasteiger partial charge in [0.25, 0.3) is 0 Å². The molecule has 5 N–H and O–H groups in total. The van der Waals surface area contributed by atoms with Gasteiger partial charge in [0.05, 0.1) is 10.6 Å². The summed E-state index contributed by atoms with van der Waals surface area (Å²) in [5.74, 6) is -1.59. The molecular formula is C12H15ClFN3O. The van der Waals surface area contributed by atoms with E-state index in [1.807, 2.05) is 0 Å². The highest BCUT2D eigenvalue weighted by Gasteiger charge is 2.27. The van der Waals surface area contributed by atoms with Crippen LogP contribution in [0.5, 0.6) is 0 Å². The Hall–Kier alpha value is -1.62. The molecule has 4 nitrogen and oxygen atoms in total. The summed E-state index contributed by atoms with van der Waals surface area (Å²) in [6.45, 7) is 3.34. The molecule has 1 amide bonds. The van der Waals surface area contributed by atoms with Crippen LogP contribution in [0.25, 0.3) is 0 Å². The largest absolute Gasteiger partial charge is 0.384 e. The van der Waals surface area contributed by atoms with Crippen LogP contribution >= 0.6 is 11.6 Å². The van der Waals surface area contributed by atoms with Crippen molar-refractivity contribution in [3.8, 4) is 0 Å². The summed E-state index contributed by atoms with van der Waals surface area (Å²) >= 11 is 6.01. The second-order valence-electron chi connectivity index (χ2n) is 4.73. The van der Waals surface area contributed by atoms with E-state index in [4.69, 9.17) is 28.5 Å². The highest BCUT2D eigenvalue weighted by Crippen LogP contribution is 2.29. The van der Waals surface area contributed by atoms with E-state index in [-0.39, 0.29) is 17.0 Å². The van der Waals surface area contributed by atoms with Crippen LogP contribution in [-0.2, 0) is 11.2 Å². The quantitative estimate of drug-likeness (QED) is 0.575. The Labute approximate surface area is 110 Å². The van der Waals surface area contributed by atoms with Crippen LogP contribution in [0.3, 0.4) is 0 Å². The van der Waals surface area contributed by atoms with Gasteiger partial charge in [0, 0.05) is 5.41 Å². The van der Waals surface area contributed by atoms with Gasteiger partial charge in [-0.2, -0.15) is 0 Å². The average Bonchev–Trinajstić information content (AvgIpc) is 2.21. The van der Waals surface area contributed by atoms with Crippen molar-refractivity contribution in [2.45, 2.75) is 20.3 Å². The third-order valence-electron chi connectivity index (χ3n) is 2.74. The number of primary amides is 1. The van der Waals surface area contributed by atoms with Gasteiger partial charge in [-0.15, -0.1) is 0 Å². The zero-order chi connectivity index (χ0) is 14.1. The molecule has 0 unspecified atom stereocenters. The number of carbonyl (C=O) groups is 1. The van der Waals surface area contributed by atoms with Crippen LogP contribution in [0.2, 0.25) is 5.02 Å². The van der Waals surface area contributed by atoms with Gasteiger partial charge in [-0.1, -0.05) is 31.5 Å². The fraction of sp³-hybridized carbons (Fsp3) is 0.333. The normalized spacial score (nSPS) is 11.3. The Morgan fingerprint density at radius 3 is 2.44 bits per heavy atom. The first-order valence-corrected chi connectivity index (χ1v) is 5.66. The van der Waals surface area contributed by atoms with Crippen LogP contribution in [0, 0.1) is 16.6 Å². The van der Waals surface area contributed by atoms with Crippen LogP contribution in [0.15, 0.2) is 12.1 Å². The number of carbonyl (C=O) groups excluding carboxylic acids is 1. The molecule has 0 saturated heterocycles. The molecule has 1 aromatic rings. The summed E-state index contributed by atoms with van der Waals surface area (Å²) in [6, 6.07) is 2.64. The number of amidine groups is 1. The second-order valence-corrected chi connectivity index (χ2v) is 5.11. The zero-order valence-electron chi connectivity index (χ0n) is 10.2. The number of halogens is 2. The van der Waals surface area contributed by atoms with E-state index >= 15 is 0 Å². The Morgan fingerprint density at radius 1 is 1.44 bits per heavy atom. The molecule has 1 rings (SSSR count). The molecule has 0 heterocycles. The molecule has 0 aliphatic rings. The molecule has 1 aromatic carbocycles. The maximum Gasteiger partial charge on any atom is 0.223 e. The summed E-state index contributed by atoms with van der Waals surface area (Å²) in [4.78, 5) is 11.3. The van der Waals surface area contributed by atoms with Crippen molar-refractivity contribution >= 4 is 23.3 Å². The molecule has 98 valence electrons. The lowest BCUT2D eigenvalue weighted by atomic mass is 9.84. The second kappa shape index (κ2) is 4.94. The van der Waals surface area contributed by atoms with E-state index in [0.29, 0.717) is 5.56 Å². The minimum atomic E-state index is -0.810. The predicted molar refractivity (Wildman–Crippen MR) is 69.1 cm³/mol. The molecule has 6 heteroatoms. The topological polar surface area (TPSA) is 93.0 Å². The molecule has 18 heavy (non-hydrogen) atoms. The molecule has 0 aromatic heterocycles. The molecular weight excluding hydrogens is 257 g/mol. The standard InChI is InChI=1S/C12H15ClFN3O/c1-12(2,11(17)18)5-6-3-4-7(14)8(9(6)13)10(15)16/h3-4H,5H2,1-2H3,(H3,15,16)(H2,17,18). The number of nitrogen functional groups attached to an aromatic ring is 1. The molecule has 0 radical (unpaired) electrons. The van der Waals surface area contributed by atoms with Crippen molar-refractivity contribution in [2.75, 3.05) is 0 Å². The lowest BCUT2D eigenvalue weighted by Crippen LogP contribution is -2.33. The van der Waals surface area contributed by atoms with Gasteiger partial charge in [0.1, 0.15) is 11.7 Å². The van der Waals surface area contributed by atoms with E-state index in [2.05, 4.69) is 0 Å². The van der Waals surface area contributed by atoms with E-state index in [9.17, 15) is 9.18 Å². The van der Waals surface area contributed by atoms with Gasteiger partial charge in [0.2, 0.25) is 5.91 Å². The lowest BCUT2D eigenvalue weighted by molar-refractivity contribution is -0.125. The molecule has 0 saturated carbocycles. The number of hydrogen-bond acceptors (Lipinski definition) is 2. The number of nitrogens with one attached hydrogen (secondary N) is 1. The number of hydrogen-bond donors (Lipinski definition) is 3. The van der Waals surface area contributed by atoms with Crippen molar-refractivity contribution in [1.29, 1.82) is 5.41 Å². The van der Waals surface area contributed by atoms with Gasteiger partial charge in [-0.25, -0.2) is 4.39 Å². The first-order valence-electron chi connectivity index (χ1n) is 5.28. The van der Waals surface area contributed by atoms with E-state index in [1.165, 1.54) is 12.1 Å². The van der Waals surface area contributed by atoms with Crippen molar-refractivity contribution in [3.63, 3.8) is 0 Å². The Balaban J connectivity index is 3.25. The monoisotopic (exact) mass is 271 g/mol. The maximum absolute atomic E-state index is 13.5.